The quantitative estimate of drug-likeness (QED) is 0.377. The molecule has 1 rings (SSSR count). The molecule has 0 amide bonds. The van der Waals surface area contributed by atoms with Crippen molar-refractivity contribution in [2.75, 3.05) is 11.6 Å². The fourth-order valence-corrected chi connectivity index (χ4v) is 1.06. The van der Waals surface area contributed by atoms with Crippen LogP contribution in [0.5, 0.6) is 0 Å². The highest BCUT2D eigenvalue weighted by atomic mass is 35.5. The Bertz CT molecular complexity index is 58.6. The maximum atomic E-state index is 5.52. The maximum absolute atomic E-state index is 5.52. The molecule has 36 valence electrons. The number of thioether (sulfide) groups is 1. The zero-order valence-corrected chi connectivity index (χ0v) is 5.27. The molecule has 1 atom stereocenters. The summed E-state index contributed by atoms with van der Waals surface area (Å²) in [6, 6.07) is 0. The molecule has 0 aromatic heterocycles. The minimum absolute atomic E-state index is 0.474. The van der Waals surface area contributed by atoms with Gasteiger partial charge in [-0.25, -0.2) is 0 Å². The summed E-state index contributed by atoms with van der Waals surface area (Å²) in [5, 5.41) is 0. The van der Waals surface area contributed by atoms with Gasteiger partial charge in [0.25, 0.3) is 0 Å². The maximum Gasteiger partial charge on any atom is 0.0376 e. The Morgan fingerprint density at radius 2 is 2.50 bits per heavy atom. The van der Waals surface area contributed by atoms with E-state index in [2.05, 4.69) is 6.92 Å². The molecule has 0 spiro atoms. The molecule has 1 aliphatic rings. The van der Waals surface area contributed by atoms with Gasteiger partial charge in [0.05, 0.1) is 0 Å². The molecule has 1 aliphatic heterocycles. The van der Waals surface area contributed by atoms with Gasteiger partial charge in [0.2, 0.25) is 0 Å². The van der Waals surface area contributed by atoms with Crippen LogP contribution in [0, 0.1) is 0 Å². The molecule has 0 aliphatic carbocycles. The van der Waals surface area contributed by atoms with Crippen molar-refractivity contribution in [1.82, 2.24) is 0 Å². The van der Waals surface area contributed by atoms with Crippen LogP contribution in [0.4, 0.5) is 0 Å². The number of halogens is 1. The summed E-state index contributed by atoms with van der Waals surface area (Å²) in [7, 11) is 0. The summed E-state index contributed by atoms with van der Waals surface area (Å²) in [6.45, 7) is 2.19. The number of hydrogen-bond acceptors (Lipinski definition) is 1. The van der Waals surface area contributed by atoms with Gasteiger partial charge in [-0.2, -0.15) is 11.8 Å². The van der Waals surface area contributed by atoms with E-state index in [1.807, 2.05) is 11.8 Å². The van der Waals surface area contributed by atoms with Gasteiger partial charge in [-0.1, -0.05) is 0 Å². The molecule has 0 nitrogen and oxygen atoms in total. The molecule has 2 heteroatoms. The summed E-state index contributed by atoms with van der Waals surface area (Å²) in [5.74, 6) is 2.08. The molecule has 0 bridgehead atoms. The normalized spacial score (nSPS) is 43.0. The van der Waals surface area contributed by atoms with E-state index in [1.54, 1.807) is 0 Å². The fraction of sp³-hybridized carbons (Fsp3) is 1.00. The van der Waals surface area contributed by atoms with E-state index in [0.717, 1.165) is 5.88 Å². The topological polar surface area (TPSA) is 0 Å². The molecule has 6 heavy (non-hydrogen) atoms. The fourth-order valence-electron chi connectivity index (χ4n) is 0.200. The number of alkyl halides is 1. The highest BCUT2D eigenvalue weighted by Gasteiger charge is 2.37. The monoisotopic (exact) mass is 122 g/mol. The van der Waals surface area contributed by atoms with Gasteiger partial charge in [-0.05, 0) is 6.92 Å². The Kier molecular flexibility index (Phi) is 1.04. The average molecular weight is 123 g/mol. The third-order valence-electron chi connectivity index (χ3n) is 0.920. The van der Waals surface area contributed by atoms with Crippen molar-refractivity contribution in [2.45, 2.75) is 11.7 Å². The van der Waals surface area contributed by atoms with Crippen LogP contribution in [-0.4, -0.2) is 16.4 Å². The zero-order valence-electron chi connectivity index (χ0n) is 3.70. The van der Waals surface area contributed by atoms with Gasteiger partial charge in [0.1, 0.15) is 0 Å². The molecule has 0 saturated carbocycles. The number of hydrogen-bond donors (Lipinski definition) is 0. The van der Waals surface area contributed by atoms with Crippen LogP contribution in [0.3, 0.4) is 0 Å². The van der Waals surface area contributed by atoms with Crippen LogP contribution in [0.15, 0.2) is 0 Å². The molecule has 0 N–H and O–H groups in total. The van der Waals surface area contributed by atoms with Crippen molar-refractivity contribution >= 4 is 23.4 Å². The Labute approximate surface area is 47.3 Å². The first-order valence-electron chi connectivity index (χ1n) is 1.97. The first-order chi connectivity index (χ1) is 2.77. The summed E-state index contributed by atoms with van der Waals surface area (Å²) < 4.78 is 0.474. The minimum Gasteiger partial charge on any atom is -0.152 e. The molecule has 1 fully saturated rings. The van der Waals surface area contributed by atoms with Crippen LogP contribution < -0.4 is 0 Å². The number of rotatable bonds is 1. The van der Waals surface area contributed by atoms with Crippen LogP contribution in [0.2, 0.25) is 0 Å². The average Bonchev–Trinajstić information content (AvgIpc) is 2.22. The Morgan fingerprint density at radius 1 is 2.00 bits per heavy atom. The minimum atomic E-state index is 0.474. The van der Waals surface area contributed by atoms with Crippen molar-refractivity contribution < 1.29 is 0 Å². The van der Waals surface area contributed by atoms with E-state index in [-0.39, 0.29) is 0 Å². The van der Waals surface area contributed by atoms with Crippen molar-refractivity contribution in [3.05, 3.63) is 0 Å². The van der Waals surface area contributed by atoms with E-state index < -0.39 is 0 Å². The van der Waals surface area contributed by atoms with Crippen LogP contribution in [0.25, 0.3) is 0 Å². The van der Waals surface area contributed by atoms with Crippen molar-refractivity contribution in [3.63, 3.8) is 0 Å². The van der Waals surface area contributed by atoms with Gasteiger partial charge in [-0.15, -0.1) is 11.6 Å². The van der Waals surface area contributed by atoms with Crippen LogP contribution >= 0.6 is 23.4 Å². The molecule has 1 heterocycles. The zero-order chi connectivity index (χ0) is 4.62. The molecule has 0 radical (unpaired) electrons. The standard InChI is InChI=1S/C4H7ClS/c1-4(2-5)3-6-4/h2-3H2,1H3. The third kappa shape index (κ3) is 0.824. The second kappa shape index (κ2) is 1.31. The van der Waals surface area contributed by atoms with E-state index in [0.29, 0.717) is 4.75 Å². The van der Waals surface area contributed by atoms with Gasteiger partial charge in [0.15, 0.2) is 0 Å². The summed E-state index contributed by atoms with van der Waals surface area (Å²) in [6.07, 6.45) is 0. The van der Waals surface area contributed by atoms with E-state index in [4.69, 9.17) is 11.6 Å². The Hall–Kier alpha value is 0.640. The molecule has 0 aromatic carbocycles. The van der Waals surface area contributed by atoms with E-state index >= 15 is 0 Å². The first-order valence-corrected chi connectivity index (χ1v) is 3.49. The summed E-state index contributed by atoms with van der Waals surface area (Å²) in [4.78, 5) is 0. The Morgan fingerprint density at radius 3 is 2.50 bits per heavy atom. The van der Waals surface area contributed by atoms with Crippen LogP contribution in [-0.2, 0) is 0 Å². The lowest BCUT2D eigenvalue weighted by Crippen LogP contribution is -2.01. The van der Waals surface area contributed by atoms with Gasteiger partial charge < -0.3 is 0 Å². The third-order valence-corrected chi connectivity index (χ3v) is 3.09. The van der Waals surface area contributed by atoms with Crippen molar-refractivity contribution in [2.24, 2.45) is 0 Å². The van der Waals surface area contributed by atoms with Crippen molar-refractivity contribution in [3.8, 4) is 0 Å². The SMILES string of the molecule is CC1(CCl)CS1. The summed E-state index contributed by atoms with van der Waals surface area (Å²) >= 11 is 7.46. The largest absolute Gasteiger partial charge is 0.152 e. The van der Waals surface area contributed by atoms with Gasteiger partial charge in [0, 0.05) is 16.4 Å². The highest BCUT2D eigenvalue weighted by Crippen LogP contribution is 2.44. The second-order valence-electron chi connectivity index (χ2n) is 1.87. The van der Waals surface area contributed by atoms with Crippen molar-refractivity contribution in [1.29, 1.82) is 0 Å². The predicted octanol–water partition coefficient (Wildman–Crippen LogP) is 1.73. The molecule has 0 aromatic rings. The van der Waals surface area contributed by atoms with Crippen LogP contribution in [0.1, 0.15) is 6.92 Å². The smallest absolute Gasteiger partial charge is 0.0376 e. The lowest BCUT2D eigenvalue weighted by Gasteiger charge is -1.92. The highest BCUT2D eigenvalue weighted by molar-refractivity contribution is 8.07. The first kappa shape index (κ1) is 4.79. The molecule has 1 saturated heterocycles. The lowest BCUT2D eigenvalue weighted by atomic mass is 10.3. The van der Waals surface area contributed by atoms with Gasteiger partial charge in [-0.3, -0.25) is 0 Å². The molecular weight excluding hydrogens is 116 g/mol. The van der Waals surface area contributed by atoms with E-state index in [1.165, 1.54) is 5.75 Å². The molecule has 1 unspecified atom stereocenters. The molecular formula is C4H7ClS. The predicted molar refractivity (Wildman–Crippen MR) is 31.6 cm³/mol. The van der Waals surface area contributed by atoms with E-state index in [9.17, 15) is 0 Å². The second-order valence-corrected chi connectivity index (χ2v) is 3.70. The lowest BCUT2D eigenvalue weighted by molar-refractivity contribution is 0.915. The van der Waals surface area contributed by atoms with Gasteiger partial charge >= 0.3 is 0 Å². The Balaban J connectivity index is 2.28. The summed E-state index contributed by atoms with van der Waals surface area (Å²) in [5.41, 5.74) is 0.